The number of pyridine rings is 2. The van der Waals surface area contributed by atoms with Crippen LogP contribution in [-0.4, -0.2) is 75.4 Å². The minimum Gasteiger partial charge on any atom is -0.393 e. The lowest BCUT2D eigenvalue weighted by atomic mass is 10.0. The van der Waals surface area contributed by atoms with Gasteiger partial charge in [-0.1, -0.05) is 6.07 Å². The second-order valence-electron chi connectivity index (χ2n) is 9.20. The first-order chi connectivity index (χ1) is 17.9. The monoisotopic (exact) mass is 500 g/mol. The average molecular weight is 501 g/mol. The van der Waals surface area contributed by atoms with Crippen LogP contribution in [0.15, 0.2) is 55.0 Å². The maximum absolute atomic E-state index is 13.1. The summed E-state index contributed by atoms with van der Waals surface area (Å²) in [6.45, 7) is 1.50. The van der Waals surface area contributed by atoms with Crippen molar-refractivity contribution in [2.45, 2.75) is 18.9 Å². The lowest BCUT2D eigenvalue weighted by molar-refractivity contribution is 0.102. The Kier molecular flexibility index (Phi) is 6.69. The molecule has 4 N–H and O–H groups in total. The van der Waals surface area contributed by atoms with Gasteiger partial charge in [0, 0.05) is 44.3 Å². The number of rotatable bonds is 5. The number of benzene rings is 1. The van der Waals surface area contributed by atoms with Crippen molar-refractivity contribution in [2.75, 3.05) is 42.7 Å². The number of fused-ring (bicyclic) bond motifs is 1. The largest absolute Gasteiger partial charge is 0.393 e. The molecule has 1 aliphatic rings. The van der Waals surface area contributed by atoms with E-state index in [1.165, 1.54) is 4.90 Å². The van der Waals surface area contributed by atoms with E-state index in [1.807, 2.05) is 36.4 Å². The number of aromatic amines is 1. The molecular formula is C26H28N8O3. The highest BCUT2D eigenvalue weighted by molar-refractivity contribution is 6.11. The molecule has 0 radical (unpaired) electrons. The normalized spacial score (nSPS) is 14.0. The zero-order valence-electron chi connectivity index (χ0n) is 20.6. The molecule has 0 unspecified atom stereocenters. The number of carbonyl (C=O) groups is 2. The fourth-order valence-corrected chi connectivity index (χ4v) is 4.20. The molecule has 1 aromatic carbocycles. The molecule has 0 atom stereocenters. The molecule has 1 saturated heterocycles. The Morgan fingerprint density at radius 2 is 1.81 bits per heavy atom. The first-order valence-corrected chi connectivity index (χ1v) is 12.0. The summed E-state index contributed by atoms with van der Waals surface area (Å²) in [5, 5.41) is 23.2. The third-order valence-electron chi connectivity index (χ3n) is 6.30. The highest BCUT2D eigenvalue weighted by atomic mass is 16.3. The van der Waals surface area contributed by atoms with Gasteiger partial charge in [-0.2, -0.15) is 5.10 Å². The Balaban J connectivity index is 1.33. The summed E-state index contributed by atoms with van der Waals surface area (Å²) >= 11 is 0. The number of H-pyrrole nitrogens is 1. The lowest BCUT2D eigenvalue weighted by Crippen LogP contribution is -2.36. The maximum atomic E-state index is 13.1. The zero-order chi connectivity index (χ0) is 25.9. The van der Waals surface area contributed by atoms with E-state index >= 15 is 0 Å². The summed E-state index contributed by atoms with van der Waals surface area (Å²) in [5.41, 5.74) is 3.73. The van der Waals surface area contributed by atoms with Crippen molar-refractivity contribution in [1.82, 2.24) is 25.1 Å². The van der Waals surface area contributed by atoms with Crippen LogP contribution in [-0.2, 0) is 0 Å². The lowest BCUT2D eigenvalue weighted by Gasteiger charge is -2.30. The van der Waals surface area contributed by atoms with E-state index in [1.54, 1.807) is 32.7 Å². The number of aliphatic hydroxyl groups is 1. The van der Waals surface area contributed by atoms with Gasteiger partial charge in [0.05, 0.1) is 35.4 Å². The Morgan fingerprint density at radius 3 is 2.54 bits per heavy atom. The van der Waals surface area contributed by atoms with Crippen LogP contribution in [0.4, 0.5) is 22.0 Å². The molecule has 4 aromatic rings. The summed E-state index contributed by atoms with van der Waals surface area (Å²) in [6.07, 6.45) is 6.09. The van der Waals surface area contributed by atoms with Gasteiger partial charge >= 0.3 is 6.03 Å². The smallest absolute Gasteiger partial charge is 0.321 e. The third kappa shape index (κ3) is 5.36. The number of anilines is 3. The number of carbonyl (C=O) groups excluding carboxylic acids is 2. The number of aliphatic hydroxyl groups excluding tert-OH is 1. The van der Waals surface area contributed by atoms with Crippen molar-refractivity contribution in [1.29, 1.82) is 0 Å². The van der Waals surface area contributed by atoms with Gasteiger partial charge in [-0.05, 0) is 48.7 Å². The molecule has 11 nitrogen and oxygen atoms in total. The number of aromatic nitrogens is 4. The van der Waals surface area contributed by atoms with Crippen LogP contribution >= 0.6 is 0 Å². The molecule has 1 fully saturated rings. The van der Waals surface area contributed by atoms with Crippen LogP contribution in [0.25, 0.3) is 22.0 Å². The van der Waals surface area contributed by atoms with E-state index in [9.17, 15) is 14.7 Å². The molecule has 5 rings (SSSR count). The summed E-state index contributed by atoms with van der Waals surface area (Å²) in [6, 6.07) is 10.9. The third-order valence-corrected chi connectivity index (χ3v) is 6.30. The molecular weight excluding hydrogens is 472 g/mol. The molecule has 3 amide bonds. The Morgan fingerprint density at radius 1 is 1.00 bits per heavy atom. The van der Waals surface area contributed by atoms with Gasteiger partial charge in [0.2, 0.25) is 0 Å². The second-order valence-corrected chi connectivity index (χ2v) is 9.20. The van der Waals surface area contributed by atoms with Gasteiger partial charge in [0.15, 0.2) is 5.69 Å². The quantitative estimate of drug-likeness (QED) is 0.330. The highest BCUT2D eigenvalue weighted by Gasteiger charge is 2.19. The zero-order valence-corrected chi connectivity index (χ0v) is 20.6. The van der Waals surface area contributed by atoms with Gasteiger partial charge in [0.25, 0.3) is 5.91 Å². The van der Waals surface area contributed by atoms with Crippen LogP contribution in [0.1, 0.15) is 23.3 Å². The van der Waals surface area contributed by atoms with Crippen LogP contribution in [0, 0.1) is 0 Å². The van der Waals surface area contributed by atoms with Gasteiger partial charge in [-0.25, -0.2) is 9.78 Å². The second kappa shape index (κ2) is 10.2. The first-order valence-electron chi connectivity index (χ1n) is 12.0. The number of hydrogen-bond acceptors (Lipinski definition) is 7. The number of nitrogens with one attached hydrogen (secondary N) is 3. The van der Waals surface area contributed by atoms with Gasteiger partial charge in [-0.3, -0.25) is 14.9 Å². The van der Waals surface area contributed by atoms with Crippen molar-refractivity contribution in [2.24, 2.45) is 0 Å². The molecule has 1 aliphatic heterocycles. The topological polar surface area (TPSA) is 139 Å². The molecule has 0 saturated carbocycles. The van der Waals surface area contributed by atoms with E-state index in [0.717, 1.165) is 48.4 Å². The van der Waals surface area contributed by atoms with E-state index < -0.39 is 0 Å². The summed E-state index contributed by atoms with van der Waals surface area (Å²) in [5.74, 6) is 0.460. The molecule has 11 heteroatoms. The number of piperidine rings is 1. The summed E-state index contributed by atoms with van der Waals surface area (Å²) < 4.78 is 0. The van der Waals surface area contributed by atoms with Crippen LogP contribution in [0.3, 0.4) is 0 Å². The average Bonchev–Trinajstić information content (AvgIpc) is 3.33. The standard InChI is InChI=1S/C26H28N8O3/c1-33(2)26(37)30-19-11-17(13-27-14-19)16-3-5-22-21(12-16)24(32-31-22)25(36)29-18-4-6-23(28-15-18)34-9-7-20(35)8-10-34/h3-6,11-15,20,35H,7-10H2,1-2H3,(H,29,36)(H,30,37)(H,31,32). The van der Waals surface area contributed by atoms with Crippen molar-refractivity contribution in [3.63, 3.8) is 0 Å². The molecule has 0 bridgehead atoms. The van der Waals surface area contributed by atoms with Crippen LogP contribution in [0.5, 0.6) is 0 Å². The fourth-order valence-electron chi connectivity index (χ4n) is 4.20. The predicted octanol–water partition coefficient (Wildman–Crippen LogP) is 3.33. The number of nitrogens with zero attached hydrogens (tertiary/aromatic N) is 5. The van der Waals surface area contributed by atoms with Crippen molar-refractivity contribution >= 4 is 40.0 Å². The Bertz CT molecular complexity index is 1430. The summed E-state index contributed by atoms with van der Waals surface area (Å²) in [7, 11) is 3.33. The van der Waals surface area contributed by atoms with Crippen molar-refractivity contribution < 1.29 is 14.7 Å². The minimum absolute atomic E-state index is 0.247. The maximum Gasteiger partial charge on any atom is 0.321 e. The Labute approximate surface area is 213 Å². The van der Waals surface area contributed by atoms with Crippen molar-refractivity contribution in [3.05, 3.63) is 60.7 Å². The highest BCUT2D eigenvalue weighted by Crippen LogP contribution is 2.27. The molecule has 190 valence electrons. The predicted molar refractivity (Wildman–Crippen MR) is 142 cm³/mol. The molecule has 0 spiro atoms. The molecule has 3 aromatic heterocycles. The minimum atomic E-state index is -0.357. The number of urea groups is 1. The van der Waals surface area contributed by atoms with E-state index in [4.69, 9.17) is 0 Å². The van der Waals surface area contributed by atoms with Gasteiger partial charge in [0.1, 0.15) is 5.82 Å². The molecule has 37 heavy (non-hydrogen) atoms. The van der Waals surface area contributed by atoms with Gasteiger partial charge in [-0.15, -0.1) is 0 Å². The van der Waals surface area contributed by atoms with Crippen LogP contribution < -0.4 is 15.5 Å². The first kappa shape index (κ1) is 24.2. The van der Waals surface area contributed by atoms with Crippen molar-refractivity contribution in [3.8, 4) is 11.1 Å². The molecule has 4 heterocycles. The fraction of sp³-hybridized carbons (Fsp3) is 0.269. The van der Waals surface area contributed by atoms with Gasteiger partial charge < -0.3 is 25.5 Å². The van der Waals surface area contributed by atoms with E-state index in [2.05, 4.69) is 35.7 Å². The molecule has 0 aliphatic carbocycles. The number of amides is 3. The van der Waals surface area contributed by atoms with E-state index in [-0.39, 0.29) is 23.7 Å². The number of hydrogen-bond donors (Lipinski definition) is 4. The SMILES string of the molecule is CN(C)C(=O)Nc1cncc(-c2ccc3[nH]nc(C(=O)Nc4ccc(N5CCC(O)CC5)nc4)c3c2)c1. The summed E-state index contributed by atoms with van der Waals surface area (Å²) in [4.78, 5) is 37.4. The Hall–Kier alpha value is -4.51. The van der Waals surface area contributed by atoms with E-state index in [0.29, 0.717) is 16.8 Å². The van der Waals surface area contributed by atoms with Crippen LogP contribution in [0.2, 0.25) is 0 Å².